The third-order valence-corrected chi connectivity index (χ3v) is 3.79. The monoisotopic (exact) mass is 364 g/mol. The predicted molar refractivity (Wildman–Crippen MR) is 99.3 cm³/mol. The van der Waals surface area contributed by atoms with Crippen molar-refractivity contribution < 1.29 is 19.0 Å². The lowest BCUT2D eigenvalue weighted by Gasteiger charge is -2.14. The molecular formula is C18H21ClN2O4. The van der Waals surface area contributed by atoms with E-state index in [0.717, 1.165) is 0 Å². The molecule has 6 nitrogen and oxygen atoms in total. The number of hydrogen-bond acceptors (Lipinski definition) is 5. The molecule has 0 heterocycles. The van der Waals surface area contributed by atoms with E-state index in [9.17, 15) is 4.79 Å². The van der Waals surface area contributed by atoms with Crippen LogP contribution in [0.25, 0.3) is 0 Å². The Balaban J connectivity index is 1.92. The molecule has 2 aromatic rings. The Morgan fingerprint density at radius 2 is 1.80 bits per heavy atom. The molecule has 2 aromatic carbocycles. The zero-order valence-electron chi connectivity index (χ0n) is 14.4. The van der Waals surface area contributed by atoms with Crippen molar-refractivity contribution in [2.24, 2.45) is 0 Å². The minimum absolute atomic E-state index is 0.111. The van der Waals surface area contributed by atoms with Gasteiger partial charge in [-0.1, -0.05) is 17.7 Å². The first-order valence-electron chi connectivity index (χ1n) is 7.66. The van der Waals surface area contributed by atoms with Gasteiger partial charge in [-0.05, 0) is 12.1 Å². The van der Waals surface area contributed by atoms with Gasteiger partial charge >= 0.3 is 0 Å². The summed E-state index contributed by atoms with van der Waals surface area (Å²) in [5.41, 5.74) is 1.40. The maximum Gasteiger partial charge on any atom is 0.226 e. The standard InChI is InChI=1S/C18H21ClN2O4/c1-23-13-6-4-5-12(9-13)21-18(22)7-8-20-15-11-16(24-2)14(19)10-17(15)25-3/h4-6,9-11,20H,7-8H2,1-3H3,(H,21,22). The topological polar surface area (TPSA) is 68.8 Å². The van der Waals surface area contributed by atoms with Gasteiger partial charge in [-0.25, -0.2) is 0 Å². The summed E-state index contributed by atoms with van der Waals surface area (Å²) >= 11 is 6.07. The molecule has 7 heteroatoms. The second-order valence-electron chi connectivity index (χ2n) is 5.14. The molecule has 0 aliphatic heterocycles. The number of hydrogen-bond donors (Lipinski definition) is 2. The SMILES string of the molecule is COc1cccc(NC(=O)CCNc2cc(OC)c(Cl)cc2OC)c1. The van der Waals surface area contributed by atoms with E-state index in [1.807, 2.05) is 12.1 Å². The van der Waals surface area contributed by atoms with Gasteiger partial charge in [-0.15, -0.1) is 0 Å². The molecule has 0 atom stereocenters. The lowest BCUT2D eigenvalue weighted by molar-refractivity contribution is -0.115. The van der Waals surface area contributed by atoms with Crippen LogP contribution in [0.15, 0.2) is 36.4 Å². The maximum atomic E-state index is 12.1. The van der Waals surface area contributed by atoms with Gasteiger partial charge in [0.05, 0.1) is 32.0 Å². The highest BCUT2D eigenvalue weighted by atomic mass is 35.5. The van der Waals surface area contributed by atoms with Crippen molar-refractivity contribution in [2.75, 3.05) is 38.5 Å². The molecule has 1 amide bonds. The van der Waals surface area contributed by atoms with Crippen molar-refractivity contribution in [3.8, 4) is 17.2 Å². The summed E-state index contributed by atoms with van der Waals surface area (Å²) in [5.74, 6) is 1.69. The molecule has 0 spiro atoms. The van der Waals surface area contributed by atoms with Crippen molar-refractivity contribution in [1.82, 2.24) is 0 Å². The molecule has 25 heavy (non-hydrogen) atoms. The lowest BCUT2D eigenvalue weighted by Crippen LogP contribution is -2.16. The summed E-state index contributed by atoms with van der Waals surface area (Å²) in [4.78, 5) is 12.1. The zero-order chi connectivity index (χ0) is 18.2. The molecule has 0 unspecified atom stereocenters. The fourth-order valence-corrected chi connectivity index (χ4v) is 2.46. The molecule has 0 saturated heterocycles. The molecule has 0 aliphatic rings. The van der Waals surface area contributed by atoms with Gasteiger partial charge in [0, 0.05) is 36.9 Å². The zero-order valence-corrected chi connectivity index (χ0v) is 15.1. The average Bonchev–Trinajstić information content (AvgIpc) is 2.62. The fraction of sp³-hybridized carbons (Fsp3) is 0.278. The summed E-state index contributed by atoms with van der Waals surface area (Å²) in [5, 5.41) is 6.44. The Kier molecular flexibility index (Phi) is 6.77. The van der Waals surface area contributed by atoms with E-state index in [2.05, 4.69) is 10.6 Å². The van der Waals surface area contributed by atoms with Gasteiger partial charge in [0.2, 0.25) is 5.91 Å². The van der Waals surface area contributed by atoms with Crippen molar-refractivity contribution in [1.29, 1.82) is 0 Å². The molecular weight excluding hydrogens is 344 g/mol. The van der Waals surface area contributed by atoms with Gasteiger partial charge in [-0.3, -0.25) is 4.79 Å². The summed E-state index contributed by atoms with van der Waals surface area (Å²) in [6.07, 6.45) is 0.283. The first kappa shape index (κ1) is 18.7. The number of carbonyl (C=O) groups is 1. The number of nitrogens with one attached hydrogen (secondary N) is 2. The first-order valence-corrected chi connectivity index (χ1v) is 8.04. The molecule has 134 valence electrons. The highest BCUT2D eigenvalue weighted by molar-refractivity contribution is 6.32. The maximum absolute atomic E-state index is 12.1. The van der Waals surface area contributed by atoms with E-state index in [-0.39, 0.29) is 12.3 Å². The van der Waals surface area contributed by atoms with Crippen LogP contribution in [0.1, 0.15) is 6.42 Å². The molecule has 2 N–H and O–H groups in total. The van der Waals surface area contributed by atoms with Crippen molar-refractivity contribution in [2.45, 2.75) is 6.42 Å². The van der Waals surface area contributed by atoms with Gasteiger partial charge in [0.1, 0.15) is 17.2 Å². The minimum atomic E-state index is -0.111. The molecule has 0 radical (unpaired) electrons. The van der Waals surface area contributed by atoms with Crippen molar-refractivity contribution >= 4 is 28.9 Å². The highest BCUT2D eigenvalue weighted by Crippen LogP contribution is 2.35. The van der Waals surface area contributed by atoms with Crippen LogP contribution in [-0.2, 0) is 4.79 Å². The van der Waals surface area contributed by atoms with Crippen molar-refractivity contribution in [3.63, 3.8) is 0 Å². The van der Waals surface area contributed by atoms with Gasteiger partial charge in [0.25, 0.3) is 0 Å². The largest absolute Gasteiger partial charge is 0.497 e. The second kappa shape index (κ2) is 9.03. The summed E-state index contributed by atoms with van der Waals surface area (Å²) in [6.45, 7) is 0.428. The van der Waals surface area contributed by atoms with E-state index in [0.29, 0.717) is 40.2 Å². The Bertz CT molecular complexity index is 737. The number of ether oxygens (including phenoxy) is 3. The lowest BCUT2D eigenvalue weighted by atomic mass is 10.2. The van der Waals surface area contributed by atoms with Gasteiger partial charge in [0.15, 0.2) is 0 Å². The van der Waals surface area contributed by atoms with E-state index >= 15 is 0 Å². The van der Waals surface area contributed by atoms with E-state index in [1.165, 1.54) is 0 Å². The molecule has 0 saturated carbocycles. The van der Waals surface area contributed by atoms with Gasteiger partial charge in [-0.2, -0.15) is 0 Å². The Hall–Kier alpha value is -2.60. The minimum Gasteiger partial charge on any atom is -0.497 e. The van der Waals surface area contributed by atoms with E-state index in [1.54, 1.807) is 45.6 Å². The smallest absolute Gasteiger partial charge is 0.226 e. The third-order valence-electron chi connectivity index (χ3n) is 3.49. The second-order valence-corrected chi connectivity index (χ2v) is 5.55. The van der Waals surface area contributed by atoms with Crippen LogP contribution in [0.5, 0.6) is 17.2 Å². The van der Waals surface area contributed by atoms with Crippen LogP contribution in [0.2, 0.25) is 5.02 Å². The number of carbonyl (C=O) groups excluding carboxylic acids is 1. The number of halogens is 1. The van der Waals surface area contributed by atoms with Crippen LogP contribution in [0, 0.1) is 0 Å². The molecule has 0 bridgehead atoms. The quantitative estimate of drug-likeness (QED) is 0.745. The fourth-order valence-electron chi connectivity index (χ4n) is 2.23. The van der Waals surface area contributed by atoms with Crippen LogP contribution in [-0.4, -0.2) is 33.8 Å². The Morgan fingerprint density at radius 1 is 1.04 bits per heavy atom. The van der Waals surface area contributed by atoms with E-state index < -0.39 is 0 Å². The normalized spacial score (nSPS) is 10.1. The number of amides is 1. The van der Waals surface area contributed by atoms with Gasteiger partial charge < -0.3 is 24.8 Å². The van der Waals surface area contributed by atoms with E-state index in [4.69, 9.17) is 25.8 Å². The highest BCUT2D eigenvalue weighted by Gasteiger charge is 2.10. The average molecular weight is 365 g/mol. The predicted octanol–water partition coefficient (Wildman–Crippen LogP) is 3.81. The molecule has 2 rings (SSSR count). The number of methoxy groups -OCH3 is 3. The van der Waals surface area contributed by atoms with Crippen LogP contribution in [0.3, 0.4) is 0 Å². The summed E-state index contributed by atoms with van der Waals surface area (Å²) in [7, 11) is 4.68. The summed E-state index contributed by atoms with van der Waals surface area (Å²) in [6, 6.07) is 10.6. The molecule has 0 aromatic heterocycles. The van der Waals surface area contributed by atoms with Crippen LogP contribution < -0.4 is 24.8 Å². The molecule has 0 aliphatic carbocycles. The van der Waals surface area contributed by atoms with Crippen LogP contribution >= 0.6 is 11.6 Å². The number of rotatable bonds is 8. The van der Waals surface area contributed by atoms with Crippen LogP contribution in [0.4, 0.5) is 11.4 Å². The van der Waals surface area contributed by atoms with Crippen molar-refractivity contribution in [3.05, 3.63) is 41.4 Å². The number of benzene rings is 2. The Labute approximate surface area is 152 Å². The Morgan fingerprint density at radius 3 is 2.48 bits per heavy atom. The number of anilines is 2. The molecule has 0 fully saturated rings. The third kappa shape index (κ3) is 5.19. The summed E-state index contributed by atoms with van der Waals surface area (Å²) < 4.78 is 15.6. The first-order chi connectivity index (χ1) is 12.1.